The van der Waals surface area contributed by atoms with Gasteiger partial charge in [-0.15, -0.1) is 0 Å². The second-order valence-electron chi connectivity index (χ2n) is 5.25. The smallest absolute Gasteiger partial charge is 0.220 e. The second kappa shape index (κ2) is 10.4. The first-order valence-corrected chi connectivity index (χ1v) is 7.73. The van der Waals surface area contributed by atoms with Crippen LogP contribution in [0.5, 0.6) is 0 Å². The summed E-state index contributed by atoms with van der Waals surface area (Å²) in [5.74, 6) is 0.0375. The standard InChI is InChI=1S/C17H27NO2/c1-2-3-4-5-6-10-13-17(20)18-14-16(19)15-11-8-7-9-12-15/h7-9,11-12,16,19H,2-6,10,13-14H2,1H3,(H,18,20). The summed E-state index contributed by atoms with van der Waals surface area (Å²) in [5.41, 5.74) is 0.840. The number of carbonyl (C=O) groups excluding carboxylic acids is 1. The summed E-state index contributed by atoms with van der Waals surface area (Å²) in [6.45, 7) is 2.49. The number of aliphatic hydroxyl groups excluding tert-OH is 1. The molecule has 1 aromatic carbocycles. The molecule has 3 heteroatoms. The van der Waals surface area contributed by atoms with Gasteiger partial charge in [0, 0.05) is 13.0 Å². The van der Waals surface area contributed by atoms with Crippen LogP contribution in [-0.2, 0) is 4.79 Å². The summed E-state index contributed by atoms with van der Waals surface area (Å²) in [6, 6.07) is 9.41. The van der Waals surface area contributed by atoms with Crippen LogP contribution in [0.2, 0.25) is 0 Å². The molecule has 3 nitrogen and oxygen atoms in total. The van der Waals surface area contributed by atoms with Gasteiger partial charge < -0.3 is 10.4 Å². The third-order valence-corrected chi connectivity index (χ3v) is 3.43. The van der Waals surface area contributed by atoms with Gasteiger partial charge in [0.2, 0.25) is 5.91 Å². The van der Waals surface area contributed by atoms with Crippen molar-refractivity contribution in [1.29, 1.82) is 0 Å². The fourth-order valence-corrected chi connectivity index (χ4v) is 2.16. The summed E-state index contributed by atoms with van der Waals surface area (Å²) in [5, 5.41) is 12.7. The van der Waals surface area contributed by atoms with Crippen LogP contribution < -0.4 is 5.32 Å². The van der Waals surface area contributed by atoms with Crippen LogP contribution in [-0.4, -0.2) is 17.6 Å². The third-order valence-electron chi connectivity index (χ3n) is 3.43. The molecule has 112 valence electrons. The molecule has 0 heterocycles. The van der Waals surface area contributed by atoms with Crippen molar-refractivity contribution < 1.29 is 9.90 Å². The van der Waals surface area contributed by atoms with Crippen molar-refractivity contribution in [1.82, 2.24) is 5.32 Å². The number of unbranched alkanes of at least 4 members (excludes halogenated alkanes) is 5. The normalized spacial score (nSPS) is 12.1. The fraction of sp³-hybridized carbons (Fsp3) is 0.588. The molecule has 2 N–H and O–H groups in total. The van der Waals surface area contributed by atoms with E-state index in [9.17, 15) is 9.90 Å². The molecule has 1 aromatic rings. The van der Waals surface area contributed by atoms with Gasteiger partial charge in [0.05, 0.1) is 6.10 Å². The fourth-order valence-electron chi connectivity index (χ4n) is 2.16. The monoisotopic (exact) mass is 277 g/mol. The highest BCUT2D eigenvalue weighted by atomic mass is 16.3. The molecule has 0 aromatic heterocycles. The van der Waals surface area contributed by atoms with Gasteiger partial charge in [-0.2, -0.15) is 0 Å². The first-order valence-electron chi connectivity index (χ1n) is 7.73. The van der Waals surface area contributed by atoms with E-state index in [0.29, 0.717) is 13.0 Å². The van der Waals surface area contributed by atoms with Crippen LogP contribution >= 0.6 is 0 Å². The van der Waals surface area contributed by atoms with Crippen LogP contribution in [0.25, 0.3) is 0 Å². The lowest BCUT2D eigenvalue weighted by Gasteiger charge is -2.12. The minimum absolute atomic E-state index is 0.0375. The van der Waals surface area contributed by atoms with E-state index >= 15 is 0 Å². The van der Waals surface area contributed by atoms with Crippen molar-refractivity contribution in [3.05, 3.63) is 35.9 Å². The van der Waals surface area contributed by atoms with Crippen LogP contribution in [0.15, 0.2) is 30.3 Å². The van der Waals surface area contributed by atoms with E-state index < -0.39 is 6.10 Å². The Labute approximate surface area is 122 Å². The van der Waals surface area contributed by atoms with Gasteiger partial charge >= 0.3 is 0 Å². The second-order valence-corrected chi connectivity index (χ2v) is 5.25. The molecular weight excluding hydrogens is 250 g/mol. The number of amides is 1. The average molecular weight is 277 g/mol. The Balaban J connectivity index is 2.08. The number of hydrogen-bond donors (Lipinski definition) is 2. The first kappa shape index (κ1) is 16.7. The maximum atomic E-state index is 11.6. The van der Waals surface area contributed by atoms with Crippen LogP contribution in [0.3, 0.4) is 0 Å². The molecule has 0 bridgehead atoms. The largest absolute Gasteiger partial charge is 0.387 e. The van der Waals surface area contributed by atoms with Gasteiger partial charge in [-0.3, -0.25) is 4.79 Å². The number of carbonyl (C=O) groups is 1. The maximum Gasteiger partial charge on any atom is 0.220 e. The van der Waals surface area contributed by atoms with E-state index in [2.05, 4.69) is 12.2 Å². The molecule has 1 rings (SSSR count). The average Bonchev–Trinajstić information content (AvgIpc) is 2.49. The number of benzene rings is 1. The summed E-state index contributed by atoms with van der Waals surface area (Å²) in [6.07, 6.45) is 7.02. The van der Waals surface area contributed by atoms with Gasteiger partial charge in [0.1, 0.15) is 0 Å². The Hall–Kier alpha value is -1.35. The molecule has 0 radical (unpaired) electrons. The molecule has 20 heavy (non-hydrogen) atoms. The Bertz CT molecular complexity index is 365. The van der Waals surface area contributed by atoms with Gasteiger partial charge in [-0.05, 0) is 12.0 Å². The van der Waals surface area contributed by atoms with Crippen molar-refractivity contribution in [2.75, 3.05) is 6.54 Å². The van der Waals surface area contributed by atoms with E-state index in [-0.39, 0.29) is 5.91 Å². The molecule has 1 unspecified atom stereocenters. The van der Waals surface area contributed by atoms with E-state index in [1.54, 1.807) is 0 Å². The zero-order valence-corrected chi connectivity index (χ0v) is 12.5. The molecule has 0 fully saturated rings. The summed E-state index contributed by atoms with van der Waals surface area (Å²) in [4.78, 5) is 11.6. The van der Waals surface area contributed by atoms with Crippen molar-refractivity contribution in [2.24, 2.45) is 0 Å². The highest BCUT2D eigenvalue weighted by Gasteiger charge is 2.08. The van der Waals surface area contributed by atoms with E-state index in [1.807, 2.05) is 30.3 Å². The van der Waals surface area contributed by atoms with Gasteiger partial charge in [-0.25, -0.2) is 0 Å². The van der Waals surface area contributed by atoms with Crippen LogP contribution in [0, 0.1) is 0 Å². The molecular formula is C17H27NO2. The minimum Gasteiger partial charge on any atom is -0.387 e. The lowest BCUT2D eigenvalue weighted by molar-refractivity contribution is -0.121. The number of aliphatic hydroxyl groups is 1. The molecule has 0 aliphatic carbocycles. The SMILES string of the molecule is CCCCCCCCC(=O)NCC(O)c1ccccc1. The topological polar surface area (TPSA) is 49.3 Å². The van der Waals surface area contributed by atoms with Gasteiger partial charge in [0.15, 0.2) is 0 Å². The highest BCUT2D eigenvalue weighted by molar-refractivity contribution is 5.75. The minimum atomic E-state index is -0.621. The van der Waals surface area contributed by atoms with Crippen molar-refractivity contribution in [2.45, 2.75) is 58.0 Å². The summed E-state index contributed by atoms with van der Waals surface area (Å²) >= 11 is 0. The lowest BCUT2D eigenvalue weighted by atomic mass is 10.1. The van der Waals surface area contributed by atoms with Crippen LogP contribution in [0.4, 0.5) is 0 Å². The molecule has 1 atom stereocenters. The molecule has 1 amide bonds. The zero-order chi connectivity index (χ0) is 14.6. The highest BCUT2D eigenvalue weighted by Crippen LogP contribution is 2.11. The zero-order valence-electron chi connectivity index (χ0n) is 12.5. The maximum absolute atomic E-state index is 11.6. The van der Waals surface area contributed by atoms with Gasteiger partial charge in [0.25, 0.3) is 0 Å². The number of hydrogen-bond acceptors (Lipinski definition) is 2. The van der Waals surface area contributed by atoms with Crippen molar-refractivity contribution in [3.63, 3.8) is 0 Å². The Morgan fingerprint density at radius 2 is 1.75 bits per heavy atom. The quantitative estimate of drug-likeness (QED) is 0.642. The molecule has 0 aliphatic heterocycles. The molecule has 0 saturated carbocycles. The summed E-state index contributed by atoms with van der Waals surface area (Å²) in [7, 11) is 0. The van der Waals surface area contributed by atoms with Crippen LogP contribution in [0.1, 0.15) is 63.5 Å². The third kappa shape index (κ3) is 7.29. The van der Waals surface area contributed by atoms with Crippen molar-refractivity contribution >= 4 is 5.91 Å². The van der Waals surface area contributed by atoms with Crippen molar-refractivity contribution in [3.8, 4) is 0 Å². The Kier molecular flexibility index (Phi) is 8.72. The number of nitrogens with one attached hydrogen (secondary N) is 1. The van der Waals surface area contributed by atoms with Gasteiger partial charge in [-0.1, -0.05) is 69.4 Å². The number of rotatable bonds is 10. The molecule has 0 aliphatic rings. The predicted molar refractivity (Wildman–Crippen MR) is 82.4 cm³/mol. The predicted octanol–water partition coefficient (Wildman–Crippen LogP) is 3.59. The van der Waals surface area contributed by atoms with E-state index in [4.69, 9.17) is 0 Å². The molecule has 0 spiro atoms. The van der Waals surface area contributed by atoms with E-state index in [1.165, 1.54) is 25.7 Å². The Morgan fingerprint density at radius 1 is 1.10 bits per heavy atom. The summed E-state index contributed by atoms with van der Waals surface area (Å²) < 4.78 is 0. The molecule has 0 saturated heterocycles. The lowest BCUT2D eigenvalue weighted by Crippen LogP contribution is -2.28. The first-order chi connectivity index (χ1) is 9.74. The Morgan fingerprint density at radius 3 is 2.45 bits per heavy atom. The van der Waals surface area contributed by atoms with E-state index in [0.717, 1.165) is 18.4 Å².